The van der Waals surface area contributed by atoms with E-state index in [0.29, 0.717) is 11.5 Å². The number of hydrogen-bond acceptors (Lipinski definition) is 6. The van der Waals surface area contributed by atoms with Crippen LogP contribution in [0.3, 0.4) is 0 Å². The first-order valence-corrected chi connectivity index (χ1v) is 7.24. The molecule has 2 rings (SSSR count). The van der Waals surface area contributed by atoms with Gasteiger partial charge < -0.3 is 10.6 Å². The monoisotopic (exact) mass is 293 g/mol. The van der Waals surface area contributed by atoms with Gasteiger partial charge in [0.15, 0.2) is 0 Å². The number of benzene rings is 1. The molecule has 1 aromatic heterocycles. The fourth-order valence-electron chi connectivity index (χ4n) is 1.49. The van der Waals surface area contributed by atoms with Crippen LogP contribution in [0.25, 0.3) is 0 Å². The zero-order chi connectivity index (χ0) is 14.8. The van der Waals surface area contributed by atoms with E-state index in [2.05, 4.69) is 14.7 Å². The fraction of sp³-hybridized carbons (Fsp3) is 0.167. The maximum atomic E-state index is 12.2. The number of rotatable bonds is 4. The van der Waals surface area contributed by atoms with E-state index in [1.54, 1.807) is 25.1 Å². The van der Waals surface area contributed by atoms with Crippen molar-refractivity contribution in [3.63, 3.8) is 0 Å². The van der Waals surface area contributed by atoms with Crippen LogP contribution >= 0.6 is 0 Å². The fourth-order valence-corrected chi connectivity index (χ4v) is 2.49. The Bertz CT molecular complexity index is 698. The summed E-state index contributed by atoms with van der Waals surface area (Å²) < 4.78 is 26.7. The summed E-state index contributed by atoms with van der Waals surface area (Å²) in [6.45, 7) is 0. The number of sulfonamides is 1. The molecule has 3 N–H and O–H groups in total. The second-order valence-corrected chi connectivity index (χ2v) is 6.01. The predicted octanol–water partition coefficient (Wildman–Crippen LogP) is 0.926. The van der Waals surface area contributed by atoms with Gasteiger partial charge in [0.05, 0.1) is 4.90 Å². The molecule has 106 valence electrons. The van der Waals surface area contributed by atoms with Gasteiger partial charge in [0, 0.05) is 25.8 Å². The molecule has 1 heterocycles. The summed E-state index contributed by atoms with van der Waals surface area (Å²) in [5.74, 6) is 0.815. The van der Waals surface area contributed by atoms with Gasteiger partial charge in [0.2, 0.25) is 0 Å². The van der Waals surface area contributed by atoms with Crippen LogP contribution in [0, 0.1) is 0 Å². The molecule has 0 saturated heterocycles. The molecule has 1 aromatic carbocycles. The molecule has 0 fully saturated rings. The Morgan fingerprint density at radius 3 is 2.40 bits per heavy atom. The average molecular weight is 293 g/mol. The molecule has 0 aliphatic heterocycles. The first-order valence-electron chi connectivity index (χ1n) is 5.76. The van der Waals surface area contributed by atoms with Crippen LogP contribution in [-0.4, -0.2) is 32.5 Å². The largest absolute Gasteiger partial charge is 0.399 e. The Morgan fingerprint density at radius 2 is 1.80 bits per heavy atom. The number of nitrogens with two attached hydrogens (primary N) is 1. The molecular formula is C12H15N5O2S. The third-order valence-electron chi connectivity index (χ3n) is 2.54. The van der Waals surface area contributed by atoms with Crippen LogP contribution < -0.4 is 15.4 Å². The van der Waals surface area contributed by atoms with Crippen molar-refractivity contribution in [1.82, 2.24) is 9.97 Å². The summed E-state index contributed by atoms with van der Waals surface area (Å²) in [5.41, 5.74) is 6.04. The Kier molecular flexibility index (Phi) is 3.75. The van der Waals surface area contributed by atoms with Crippen molar-refractivity contribution >= 4 is 27.3 Å². The molecule has 0 bridgehead atoms. The summed E-state index contributed by atoms with van der Waals surface area (Å²) in [6.07, 6.45) is 1.30. The Labute approximate surface area is 117 Å². The summed E-state index contributed by atoms with van der Waals surface area (Å²) in [5, 5.41) is 0. The van der Waals surface area contributed by atoms with Crippen molar-refractivity contribution in [3.05, 3.63) is 36.7 Å². The highest BCUT2D eigenvalue weighted by atomic mass is 32.2. The van der Waals surface area contributed by atoms with Gasteiger partial charge in [-0.05, 0) is 24.3 Å². The molecular weight excluding hydrogens is 278 g/mol. The Hall–Kier alpha value is -2.35. The highest BCUT2D eigenvalue weighted by Crippen LogP contribution is 2.17. The molecule has 20 heavy (non-hydrogen) atoms. The minimum Gasteiger partial charge on any atom is -0.399 e. The zero-order valence-corrected chi connectivity index (χ0v) is 11.9. The summed E-state index contributed by atoms with van der Waals surface area (Å²) in [6, 6.07) is 7.48. The predicted molar refractivity (Wildman–Crippen MR) is 78.0 cm³/mol. The number of aromatic nitrogens is 2. The van der Waals surface area contributed by atoms with Crippen LogP contribution in [0.15, 0.2) is 41.6 Å². The lowest BCUT2D eigenvalue weighted by atomic mass is 10.3. The molecule has 0 aliphatic carbocycles. The quantitative estimate of drug-likeness (QED) is 0.813. The topological polar surface area (TPSA) is 101 Å². The smallest absolute Gasteiger partial charge is 0.263 e. The molecule has 2 aromatic rings. The van der Waals surface area contributed by atoms with Gasteiger partial charge in [-0.2, -0.15) is 0 Å². The number of nitrogen functional groups attached to an aromatic ring is 1. The number of anilines is 3. The van der Waals surface area contributed by atoms with Crippen molar-refractivity contribution in [2.45, 2.75) is 4.90 Å². The van der Waals surface area contributed by atoms with Gasteiger partial charge in [0.25, 0.3) is 10.0 Å². The van der Waals surface area contributed by atoms with E-state index in [1.807, 2.05) is 0 Å². The lowest BCUT2D eigenvalue weighted by Gasteiger charge is -2.12. The number of nitrogens with zero attached hydrogens (tertiary/aromatic N) is 3. The summed E-state index contributed by atoms with van der Waals surface area (Å²) >= 11 is 0. The molecule has 0 atom stereocenters. The highest BCUT2D eigenvalue weighted by molar-refractivity contribution is 7.92. The van der Waals surface area contributed by atoms with E-state index < -0.39 is 10.0 Å². The zero-order valence-electron chi connectivity index (χ0n) is 11.1. The van der Waals surface area contributed by atoms with Gasteiger partial charge in [-0.25, -0.2) is 18.4 Å². The molecule has 0 radical (unpaired) electrons. The van der Waals surface area contributed by atoms with Crippen molar-refractivity contribution in [3.8, 4) is 0 Å². The molecule has 0 unspecified atom stereocenters. The van der Waals surface area contributed by atoms with Gasteiger partial charge in [-0.3, -0.25) is 4.72 Å². The first kappa shape index (κ1) is 14.1. The van der Waals surface area contributed by atoms with Crippen molar-refractivity contribution in [2.75, 3.05) is 29.5 Å². The van der Waals surface area contributed by atoms with Gasteiger partial charge >= 0.3 is 0 Å². The molecule has 7 nitrogen and oxygen atoms in total. The lowest BCUT2D eigenvalue weighted by molar-refractivity contribution is 0.601. The van der Waals surface area contributed by atoms with Crippen molar-refractivity contribution in [2.24, 2.45) is 0 Å². The molecule has 0 amide bonds. The third-order valence-corrected chi connectivity index (χ3v) is 3.91. The van der Waals surface area contributed by atoms with E-state index in [4.69, 9.17) is 5.73 Å². The van der Waals surface area contributed by atoms with Gasteiger partial charge in [0.1, 0.15) is 18.0 Å². The lowest BCUT2D eigenvalue weighted by Crippen LogP contribution is -2.16. The standard InChI is InChI=1S/C12H15N5O2S/c1-17(2)12-7-11(14-8-15-12)16-20(18,19)10-5-3-9(13)4-6-10/h3-8H,13H2,1-2H3,(H,14,15,16). The van der Waals surface area contributed by atoms with Crippen LogP contribution in [0.5, 0.6) is 0 Å². The van der Waals surface area contributed by atoms with E-state index in [1.165, 1.54) is 30.6 Å². The first-order chi connectivity index (χ1) is 9.38. The van der Waals surface area contributed by atoms with E-state index in [0.717, 1.165) is 0 Å². The maximum absolute atomic E-state index is 12.2. The van der Waals surface area contributed by atoms with E-state index >= 15 is 0 Å². The SMILES string of the molecule is CN(C)c1cc(NS(=O)(=O)c2ccc(N)cc2)ncn1. The van der Waals surface area contributed by atoms with Crippen molar-refractivity contribution in [1.29, 1.82) is 0 Å². The van der Waals surface area contributed by atoms with Crippen LogP contribution in [0.4, 0.5) is 17.3 Å². The van der Waals surface area contributed by atoms with Crippen molar-refractivity contribution < 1.29 is 8.42 Å². The Balaban J connectivity index is 2.28. The molecule has 0 aliphatic rings. The molecule has 0 saturated carbocycles. The molecule has 8 heteroatoms. The minimum atomic E-state index is -3.69. The van der Waals surface area contributed by atoms with E-state index in [-0.39, 0.29) is 10.7 Å². The summed E-state index contributed by atoms with van der Waals surface area (Å²) in [7, 11) is -0.0746. The normalized spacial score (nSPS) is 11.1. The maximum Gasteiger partial charge on any atom is 0.263 e. The average Bonchev–Trinajstić information content (AvgIpc) is 2.39. The van der Waals surface area contributed by atoms with Crippen LogP contribution in [0.1, 0.15) is 0 Å². The highest BCUT2D eigenvalue weighted by Gasteiger charge is 2.15. The number of nitrogens with one attached hydrogen (secondary N) is 1. The Morgan fingerprint density at radius 1 is 1.15 bits per heavy atom. The van der Waals surface area contributed by atoms with Crippen LogP contribution in [0.2, 0.25) is 0 Å². The third kappa shape index (κ3) is 3.15. The van der Waals surface area contributed by atoms with E-state index in [9.17, 15) is 8.42 Å². The second kappa shape index (κ2) is 5.33. The van der Waals surface area contributed by atoms with Gasteiger partial charge in [-0.1, -0.05) is 0 Å². The summed E-state index contributed by atoms with van der Waals surface area (Å²) in [4.78, 5) is 9.79. The second-order valence-electron chi connectivity index (χ2n) is 4.33. The number of hydrogen-bond donors (Lipinski definition) is 2. The van der Waals surface area contributed by atoms with Gasteiger partial charge in [-0.15, -0.1) is 0 Å². The molecule has 0 spiro atoms. The van der Waals surface area contributed by atoms with Crippen LogP contribution in [-0.2, 0) is 10.0 Å². The minimum absolute atomic E-state index is 0.122.